The van der Waals surface area contributed by atoms with Gasteiger partial charge in [0.25, 0.3) is 0 Å². The summed E-state index contributed by atoms with van der Waals surface area (Å²) in [4.78, 5) is 30.1. The molecule has 5 saturated heterocycles. The van der Waals surface area contributed by atoms with E-state index < -0.39 is 5.66 Å². The standard InChI is InChI=1S/C20H34N6O3/c1-11-7-9-29-13-6-8-21-16-15(13)26(19(28)23-16)14-5-4-12-17(22-14)25(10-11)20(2,3)24-18(12)27/h11-17,21-22H,4-10H2,1-3H3,(H,23,28)(H,24,27)/t11-,12?,13?,14?,15?,16?,17?/m0/s1. The van der Waals surface area contributed by atoms with Crippen molar-refractivity contribution in [2.75, 3.05) is 19.7 Å². The zero-order chi connectivity index (χ0) is 20.3. The van der Waals surface area contributed by atoms with Gasteiger partial charge in [-0.05, 0) is 52.0 Å². The minimum absolute atomic E-state index is 0.0288. The van der Waals surface area contributed by atoms with Crippen LogP contribution in [0.3, 0.4) is 0 Å². The first-order valence-electron chi connectivity index (χ1n) is 11.1. The first-order chi connectivity index (χ1) is 13.8. The molecule has 5 aliphatic rings. The van der Waals surface area contributed by atoms with Gasteiger partial charge in [0.1, 0.15) is 6.17 Å². The summed E-state index contributed by atoms with van der Waals surface area (Å²) in [6.07, 6.45) is 3.19. The average molecular weight is 407 g/mol. The smallest absolute Gasteiger partial charge is 0.320 e. The molecule has 0 aromatic carbocycles. The molecule has 6 unspecified atom stereocenters. The maximum atomic E-state index is 12.9. The predicted octanol–water partition coefficient (Wildman–Crippen LogP) is -0.0557. The Hall–Kier alpha value is -1.42. The summed E-state index contributed by atoms with van der Waals surface area (Å²) >= 11 is 0. The average Bonchev–Trinajstić information content (AvgIpc) is 3.00. The van der Waals surface area contributed by atoms with Crippen molar-refractivity contribution in [1.82, 2.24) is 31.1 Å². The summed E-state index contributed by atoms with van der Waals surface area (Å²) in [6, 6.07) is -0.0747. The quantitative estimate of drug-likeness (QED) is 0.450. The van der Waals surface area contributed by atoms with Crippen LogP contribution in [0.15, 0.2) is 0 Å². The number of ether oxygens (including phenoxy) is 1. The van der Waals surface area contributed by atoms with Crippen LogP contribution in [-0.4, -0.2) is 77.7 Å². The summed E-state index contributed by atoms with van der Waals surface area (Å²) in [5.74, 6) is 0.474. The number of urea groups is 1. The molecule has 9 nitrogen and oxygen atoms in total. The molecule has 9 heteroatoms. The van der Waals surface area contributed by atoms with E-state index in [0.717, 1.165) is 38.8 Å². The second kappa shape index (κ2) is 7.08. The van der Waals surface area contributed by atoms with Crippen molar-refractivity contribution in [1.29, 1.82) is 0 Å². The van der Waals surface area contributed by atoms with Gasteiger partial charge in [0.05, 0.1) is 36.1 Å². The number of rotatable bonds is 0. The van der Waals surface area contributed by atoms with Gasteiger partial charge in [-0.15, -0.1) is 0 Å². The van der Waals surface area contributed by atoms with E-state index >= 15 is 0 Å². The van der Waals surface area contributed by atoms with Crippen LogP contribution in [0.4, 0.5) is 4.79 Å². The van der Waals surface area contributed by atoms with Crippen molar-refractivity contribution in [2.24, 2.45) is 11.8 Å². The minimum Gasteiger partial charge on any atom is -0.376 e. The zero-order valence-electron chi connectivity index (χ0n) is 17.6. The highest BCUT2D eigenvalue weighted by atomic mass is 16.5. The van der Waals surface area contributed by atoms with E-state index in [4.69, 9.17) is 4.74 Å². The molecule has 3 amide bonds. The molecular weight excluding hydrogens is 372 g/mol. The molecule has 5 fully saturated rings. The number of nitrogens with zero attached hydrogens (tertiary/aromatic N) is 2. The summed E-state index contributed by atoms with van der Waals surface area (Å²) in [7, 11) is 0. The van der Waals surface area contributed by atoms with Gasteiger partial charge in [-0.1, -0.05) is 6.92 Å². The third-order valence-electron chi connectivity index (χ3n) is 7.45. The second-order valence-corrected chi connectivity index (χ2v) is 9.88. The molecule has 5 aliphatic heterocycles. The molecule has 5 heterocycles. The Morgan fingerprint density at radius 1 is 1.14 bits per heavy atom. The van der Waals surface area contributed by atoms with Gasteiger partial charge >= 0.3 is 6.03 Å². The van der Waals surface area contributed by atoms with Crippen molar-refractivity contribution in [3.05, 3.63) is 0 Å². The fourth-order valence-electron chi connectivity index (χ4n) is 5.93. The van der Waals surface area contributed by atoms with E-state index in [1.807, 2.05) is 4.90 Å². The molecule has 5 rings (SSSR count). The van der Waals surface area contributed by atoms with Gasteiger partial charge in [-0.3, -0.25) is 20.3 Å². The number of carbonyl (C=O) groups excluding carboxylic acids is 2. The molecule has 0 aliphatic carbocycles. The first kappa shape index (κ1) is 19.5. The number of amides is 3. The summed E-state index contributed by atoms with van der Waals surface area (Å²) in [6.45, 7) is 8.82. The Morgan fingerprint density at radius 2 is 1.97 bits per heavy atom. The number of carbonyl (C=O) groups is 2. The molecule has 0 aromatic heterocycles. The van der Waals surface area contributed by atoms with Gasteiger partial charge in [-0.2, -0.15) is 0 Å². The molecule has 0 aromatic rings. The van der Waals surface area contributed by atoms with Crippen LogP contribution < -0.4 is 21.3 Å². The first-order valence-corrected chi connectivity index (χ1v) is 11.1. The lowest BCUT2D eigenvalue weighted by Crippen LogP contribution is -2.76. The van der Waals surface area contributed by atoms with Crippen molar-refractivity contribution >= 4 is 11.9 Å². The minimum atomic E-state index is -0.433. The van der Waals surface area contributed by atoms with Crippen LogP contribution in [0.5, 0.6) is 0 Å². The molecule has 2 bridgehead atoms. The van der Waals surface area contributed by atoms with Gasteiger partial charge in [0.2, 0.25) is 5.91 Å². The maximum Gasteiger partial charge on any atom is 0.320 e. The van der Waals surface area contributed by atoms with Gasteiger partial charge in [-0.25, -0.2) is 4.79 Å². The highest BCUT2D eigenvalue weighted by Crippen LogP contribution is 2.36. The van der Waals surface area contributed by atoms with E-state index in [-0.39, 0.29) is 48.5 Å². The number of hydrogen-bond acceptors (Lipinski definition) is 6. The van der Waals surface area contributed by atoms with Crippen LogP contribution in [0.2, 0.25) is 0 Å². The number of piperidine rings is 2. The van der Waals surface area contributed by atoms with Crippen molar-refractivity contribution in [2.45, 2.75) is 82.8 Å². The summed E-state index contributed by atoms with van der Waals surface area (Å²) in [5.41, 5.74) is -0.433. The normalized spacial score (nSPS) is 44.8. The third-order valence-corrected chi connectivity index (χ3v) is 7.45. The Bertz CT molecular complexity index is 687. The Labute approximate surface area is 172 Å². The zero-order valence-corrected chi connectivity index (χ0v) is 17.6. The second-order valence-electron chi connectivity index (χ2n) is 9.88. The Balaban J connectivity index is 1.50. The van der Waals surface area contributed by atoms with Crippen LogP contribution in [-0.2, 0) is 9.53 Å². The molecular formula is C20H34N6O3. The molecule has 7 atom stereocenters. The van der Waals surface area contributed by atoms with Crippen LogP contribution in [0, 0.1) is 11.8 Å². The van der Waals surface area contributed by atoms with Crippen LogP contribution >= 0.6 is 0 Å². The third kappa shape index (κ3) is 3.22. The maximum absolute atomic E-state index is 12.9. The summed E-state index contributed by atoms with van der Waals surface area (Å²) < 4.78 is 6.34. The fraction of sp³-hybridized carbons (Fsp3) is 0.900. The van der Waals surface area contributed by atoms with E-state index in [2.05, 4.69) is 46.9 Å². The highest BCUT2D eigenvalue weighted by Gasteiger charge is 2.54. The summed E-state index contributed by atoms with van der Waals surface area (Å²) in [5, 5.41) is 13.5. The SMILES string of the molecule is C[C@H]1CCOC2CCNC3NC(=O)N(C4CCC5C(=O)NC(C)(C)N(C1)C5N4)C32. The molecule has 162 valence electrons. The molecule has 4 N–H and O–H groups in total. The van der Waals surface area contributed by atoms with Crippen LogP contribution in [0.25, 0.3) is 0 Å². The predicted molar refractivity (Wildman–Crippen MR) is 106 cm³/mol. The van der Waals surface area contributed by atoms with E-state index in [1.165, 1.54) is 0 Å². The van der Waals surface area contributed by atoms with Gasteiger partial charge < -0.3 is 20.3 Å². The van der Waals surface area contributed by atoms with E-state index in [9.17, 15) is 9.59 Å². The van der Waals surface area contributed by atoms with Gasteiger partial charge in [0, 0.05) is 13.2 Å². The van der Waals surface area contributed by atoms with Crippen LogP contribution in [0.1, 0.15) is 46.5 Å². The molecule has 0 radical (unpaired) electrons. The lowest BCUT2D eigenvalue weighted by atomic mass is 9.86. The highest BCUT2D eigenvalue weighted by molar-refractivity contribution is 5.81. The van der Waals surface area contributed by atoms with Crippen molar-refractivity contribution in [3.8, 4) is 0 Å². The number of hydrogen-bond donors (Lipinski definition) is 4. The number of fused-ring (bicyclic) bond motifs is 2. The number of nitrogens with one attached hydrogen (secondary N) is 4. The largest absolute Gasteiger partial charge is 0.376 e. The Morgan fingerprint density at radius 3 is 2.79 bits per heavy atom. The Kier molecular flexibility index (Phi) is 4.77. The molecule has 0 saturated carbocycles. The van der Waals surface area contributed by atoms with E-state index in [1.54, 1.807) is 0 Å². The van der Waals surface area contributed by atoms with Crippen molar-refractivity contribution < 1.29 is 14.3 Å². The lowest BCUT2D eigenvalue weighted by molar-refractivity contribution is -0.152. The topological polar surface area (TPSA) is 98.0 Å². The van der Waals surface area contributed by atoms with Gasteiger partial charge in [0.15, 0.2) is 0 Å². The molecule has 29 heavy (non-hydrogen) atoms. The van der Waals surface area contributed by atoms with E-state index in [0.29, 0.717) is 12.5 Å². The lowest BCUT2D eigenvalue weighted by Gasteiger charge is -2.56. The monoisotopic (exact) mass is 406 g/mol. The fourth-order valence-corrected chi connectivity index (χ4v) is 5.93. The molecule has 0 spiro atoms. The van der Waals surface area contributed by atoms with Crippen molar-refractivity contribution in [3.63, 3.8) is 0 Å².